The van der Waals surface area contributed by atoms with Gasteiger partial charge in [-0.2, -0.15) is 5.26 Å². The summed E-state index contributed by atoms with van der Waals surface area (Å²) in [4.78, 5) is 17.9. The van der Waals surface area contributed by atoms with Gasteiger partial charge < -0.3 is 10.2 Å². The Hall–Kier alpha value is -2.61. The monoisotopic (exact) mass is 268 g/mol. The van der Waals surface area contributed by atoms with Crippen molar-refractivity contribution in [3.63, 3.8) is 0 Å². The molecule has 0 saturated carbocycles. The third kappa shape index (κ3) is 2.69. The van der Waals surface area contributed by atoms with Gasteiger partial charge in [0.15, 0.2) is 0 Å². The number of nitrogens with zero attached hydrogens (tertiary/aromatic N) is 3. The van der Waals surface area contributed by atoms with E-state index in [0.717, 1.165) is 10.9 Å². The summed E-state index contributed by atoms with van der Waals surface area (Å²) in [6, 6.07) is 11.4. The molecule has 1 heterocycles. The molecule has 0 aliphatic carbocycles. The van der Waals surface area contributed by atoms with Gasteiger partial charge in [-0.15, -0.1) is 0 Å². The van der Waals surface area contributed by atoms with Gasteiger partial charge in [0.2, 0.25) is 5.91 Å². The Morgan fingerprint density at radius 2 is 2.20 bits per heavy atom. The van der Waals surface area contributed by atoms with Crippen molar-refractivity contribution in [2.24, 2.45) is 0 Å². The minimum atomic E-state index is -0.0830. The topological polar surface area (TPSA) is 69.0 Å². The number of hydrogen-bond acceptors (Lipinski definition) is 4. The second kappa shape index (κ2) is 6.02. The first kappa shape index (κ1) is 13.8. The fourth-order valence-electron chi connectivity index (χ4n) is 2.02. The normalized spacial score (nSPS) is 10.1. The van der Waals surface area contributed by atoms with Crippen LogP contribution in [-0.2, 0) is 4.79 Å². The summed E-state index contributed by atoms with van der Waals surface area (Å²) in [5, 5.41) is 12.7. The van der Waals surface area contributed by atoms with Crippen LogP contribution in [0.2, 0.25) is 0 Å². The molecule has 5 heteroatoms. The molecule has 0 fully saturated rings. The fraction of sp³-hybridized carbons (Fsp3) is 0.267. The van der Waals surface area contributed by atoms with Crippen molar-refractivity contribution in [2.45, 2.75) is 6.92 Å². The van der Waals surface area contributed by atoms with E-state index in [9.17, 15) is 10.1 Å². The van der Waals surface area contributed by atoms with Gasteiger partial charge in [-0.25, -0.2) is 4.98 Å². The molecule has 0 unspecified atom stereocenters. The maximum Gasteiger partial charge on any atom is 0.239 e. The van der Waals surface area contributed by atoms with E-state index in [1.54, 1.807) is 13.1 Å². The largest absolute Gasteiger partial charge is 0.358 e. The van der Waals surface area contributed by atoms with Crippen molar-refractivity contribution >= 4 is 22.6 Å². The fourth-order valence-corrected chi connectivity index (χ4v) is 2.02. The molecule has 1 aromatic carbocycles. The molecule has 2 aromatic rings. The molecule has 0 aliphatic rings. The van der Waals surface area contributed by atoms with Crippen molar-refractivity contribution < 1.29 is 4.79 Å². The lowest BCUT2D eigenvalue weighted by Gasteiger charge is -2.21. The van der Waals surface area contributed by atoms with E-state index < -0.39 is 0 Å². The summed E-state index contributed by atoms with van der Waals surface area (Å²) in [5.41, 5.74) is 1.33. The van der Waals surface area contributed by atoms with Crippen LogP contribution in [0, 0.1) is 11.3 Å². The van der Waals surface area contributed by atoms with E-state index in [2.05, 4.69) is 16.4 Å². The minimum absolute atomic E-state index is 0.0830. The molecule has 20 heavy (non-hydrogen) atoms. The molecule has 1 aromatic heterocycles. The molecule has 1 N–H and O–H groups in total. The first-order valence-corrected chi connectivity index (χ1v) is 6.45. The number of amides is 1. The van der Waals surface area contributed by atoms with E-state index in [4.69, 9.17) is 0 Å². The highest BCUT2D eigenvalue weighted by atomic mass is 16.1. The number of likely N-dealkylation sites (N-methyl/N-ethyl adjacent to an activating group) is 2. The zero-order chi connectivity index (χ0) is 14.5. The number of carbonyl (C=O) groups is 1. The van der Waals surface area contributed by atoms with Gasteiger partial charge in [0.25, 0.3) is 0 Å². The average molecular weight is 268 g/mol. The quantitative estimate of drug-likeness (QED) is 0.916. The van der Waals surface area contributed by atoms with Crippen LogP contribution in [0.25, 0.3) is 10.9 Å². The standard InChI is InChI=1S/C15H16N4O/c1-3-19(10-15(20)17-2)14-8-11(9-16)12-6-4-5-7-13(12)18-14/h4-8H,3,10H2,1-2H3,(H,17,20). The van der Waals surface area contributed by atoms with Crippen LogP contribution in [0.15, 0.2) is 30.3 Å². The van der Waals surface area contributed by atoms with Crippen LogP contribution in [0.4, 0.5) is 5.82 Å². The first-order valence-electron chi connectivity index (χ1n) is 6.45. The predicted octanol–water partition coefficient (Wildman–Crippen LogP) is 1.68. The number of para-hydroxylation sites is 1. The SMILES string of the molecule is CCN(CC(=O)NC)c1cc(C#N)c2ccccc2n1. The zero-order valence-corrected chi connectivity index (χ0v) is 11.6. The Balaban J connectivity index is 2.48. The van der Waals surface area contributed by atoms with Crippen LogP contribution in [0.5, 0.6) is 0 Å². The summed E-state index contributed by atoms with van der Waals surface area (Å²) >= 11 is 0. The lowest BCUT2D eigenvalue weighted by molar-refractivity contribution is -0.119. The third-order valence-electron chi connectivity index (χ3n) is 3.14. The number of pyridine rings is 1. The summed E-state index contributed by atoms with van der Waals surface area (Å²) in [5.74, 6) is 0.562. The molecular weight excluding hydrogens is 252 g/mol. The molecule has 0 radical (unpaired) electrons. The summed E-state index contributed by atoms with van der Waals surface area (Å²) < 4.78 is 0. The van der Waals surface area contributed by atoms with Crippen molar-refractivity contribution in [3.05, 3.63) is 35.9 Å². The molecule has 2 rings (SSSR count). The number of aromatic nitrogens is 1. The lowest BCUT2D eigenvalue weighted by Crippen LogP contribution is -2.36. The number of nitrogens with one attached hydrogen (secondary N) is 1. The van der Waals surface area contributed by atoms with Crippen LogP contribution in [0.1, 0.15) is 12.5 Å². The van der Waals surface area contributed by atoms with Crippen molar-refractivity contribution in [1.29, 1.82) is 5.26 Å². The number of carbonyl (C=O) groups excluding carboxylic acids is 1. The van der Waals surface area contributed by atoms with Gasteiger partial charge in [0.05, 0.1) is 23.7 Å². The molecule has 1 amide bonds. The first-order chi connectivity index (χ1) is 9.69. The molecule has 0 aliphatic heterocycles. The summed E-state index contributed by atoms with van der Waals surface area (Å²) in [6.45, 7) is 2.82. The van der Waals surface area contributed by atoms with Crippen LogP contribution in [-0.4, -0.2) is 31.0 Å². The van der Waals surface area contributed by atoms with Gasteiger partial charge in [0.1, 0.15) is 5.82 Å². The number of benzene rings is 1. The zero-order valence-electron chi connectivity index (χ0n) is 11.6. The molecule has 0 atom stereocenters. The molecule has 0 spiro atoms. The van der Waals surface area contributed by atoms with Crippen LogP contribution in [0.3, 0.4) is 0 Å². The number of nitriles is 1. The minimum Gasteiger partial charge on any atom is -0.358 e. The highest BCUT2D eigenvalue weighted by Gasteiger charge is 2.13. The molecule has 102 valence electrons. The number of rotatable bonds is 4. The Morgan fingerprint density at radius 3 is 2.85 bits per heavy atom. The van der Waals surface area contributed by atoms with E-state index in [1.807, 2.05) is 36.1 Å². The van der Waals surface area contributed by atoms with Crippen LogP contribution < -0.4 is 10.2 Å². The Morgan fingerprint density at radius 1 is 1.45 bits per heavy atom. The van der Waals surface area contributed by atoms with Crippen molar-refractivity contribution in [2.75, 3.05) is 25.0 Å². The van der Waals surface area contributed by atoms with Gasteiger partial charge >= 0.3 is 0 Å². The smallest absolute Gasteiger partial charge is 0.239 e. The third-order valence-corrected chi connectivity index (χ3v) is 3.14. The molecular formula is C15H16N4O. The molecule has 5 nitrogen and oxygen atoms in total. The van der Waals surface area contributed by atoms with Gasteiger partial charge in [-0.05, 0) is 19.1 Å². The summed E-state index contributed by atoms with van der Waals surface area (Å²) in [6.07, 6.45) is 0. The second-order valence-corrected chi connectivity index (χ2v) is 4.34. The Kier molecular flexibility index (Phi) is 4.16. The Labute approximate surface area is 117 Å². The van der Waals surface area contributed by atoms with Gasteiger partial charge in [-0.3, -0.25) is 4.79 Å². The van der Waals surface area contributed by atoms with Crippen molar-refractivity contribution in [1.82, 2.24) is 10.3 Å². The van der Waals surface area contributed by atoms with E-state index in [-0.39, 0.29) is 12.5 Å². The van der Waals surface area contributed by atoms with E-state index >= 15 is 0 Å². The molecule has 0 bridgehead atoms. The van der Waals surface area contributed by atoms with E-state index in [1.165, 1.54) is 0 Å². The summed E-state index contributed by atoms with van der Waals surface area (Å²) in [7, 11) is 1.60. The maximum atomic E-state index is 11.5. The maximum absolute atomic E-state index is 11.5. The highest BCUT2D eigenvalue weighted by molar-refractivity contribution is 5.87. The molecule has 0 saturated heterocycles. The van der Waals surface area contributed by atoms with E-state index in [0.29, 0.717) is 17.9 Å². The van der Waals surface area contributed by atoms with Gasteiger partial charge in [0, 0.05) is 19.0 Å². The number of fused-ring (bicyclic) bond motifs is 1. The second-order valence-electron chi connectivity index (χ2n) is 4.34. The van der Waals surface area contributed by atoms with Gasteiger partial charge in [-0.1, -0.05) is 18.2 Å². The number of anilines is 1. The lowest BCUT2D eigenvalue weighted by atomic mass is 10.1. The van der Waals surface area contributed by atoms with Crippen LogP contribution >= 0.6 is 0 Å². The Bertz CT molecular complexity index is 675. The van der Waals surface area contributed by atoms with Crippen molar-refractivity contribution in [3.8, 4) is 6.07 Å². The number of hydrogen-bond donors (Lipinski definition) is 1. The average Bonchev–Trinajstić information content (AvgIpc) is 2.51. The predicted molar refractivity (Wildman–Crippen MR) is 78.4 cm³/mol. The highest BCUT2D eigenvalue weighted by Crippen LogP contribution is 2.22.